The van der Waals surface area contributed by atoms with Crippen LogP contribution in [0.5, 0.6) is 0 Å². The van der Waals surface area contributed by atoms with Crippen molar-refractivity contribution in [2.75, 3.05) is 0 Å². The van der Waals surface area contributed by atoms with E-state index in [4.69, 9.17) is 0 Å². The molecule has 1 atom stereocenters. The average Bonchev–Trinajstić information content (AvgIpc) is 2.42. The number of carbonyl (C=O) groups is 1. The fraction of sp³-hybridized carbons (Fsp3) is 0.133. The maximum Gasteiger partial charge on any atom is 0.252 e. The van der Waals surface area contributed by atoms with Gasteiger partial charge < -0.3 is 5.32 Å². The van der Waals surface area contributed by atoms with Crippen LogP contribution in [0.15, 0.2) is 57.5 Å². The molecule has 0 aliphatic carbocycles. The van der Waals surface area contributed by atoms with E-state index in [1.807, 2.05) is 49.4 Å². The molecule has 0 aliphatic rings. The van der Waals surface area contributed by atoms with Gasteiger partial charge in [0.1, 0.15) is 0 Å². The molecule has 2 rings (SSSR count). The van der Waals surface area contributed by atoms with Crippen LogP contribution in [-0.2, 0) is 0 Å². The minimum atomic E-state index is -0.0930. The van der Waals surface area contributed by atoms with Crippen molar-refractivity contribution in [3.63, 3.8) is 0 Å². The van der Waals surface area contributed by atoms with Crippen LogP contribution >= 0.6 is 31.9 Å². The summed E-state index contributed by atoms with van der Waals surface area (Å²) in [6.45, 7) is 1.97. The molecule has 0 aliphatic heterocycles. The lowest BCUT2D eigenvalue weighted by Gasteiger charge is -2.15. The van der Waals surface area contributed by atoms with Crippen molar-refractivity contribution in [3.8, 4) is 0 Å². The molecule has 0 saturated heterocycles. The van der Waals surface area contributed by atoms with Gasteiger partial charge in [-0.1, -0.05) is 46.3 Å². The highest BCUT2D eigenvalue weighted by Gasteiger charge is 2.14. The summed E-state index contributed by atoms with van der Waals surface area (Å²) in [5.41, 5.74) is 1.71. The molecule has 0 unspecified atom stereocenters. The van der Waals surface area contributed by atoms with Gasteiger partial charge in [-0.05, 0) is 46.6 Å². The molecular formula is C15H13Br2NO. The first kappa shape index (κ1) is 14.3. The SMILES string of the molecule is C[C@H](NC(=O)c1cc(Br)ccc1Br)c1ccccc1. The van der Waals surface area contributed by atoms with Gasteiger partial charge in [-0.3, -0.25) is 4.79 Å². The number of rotatable bonds is 3. The zero-order chi connectivity index (χ0) is 13.8. The zero-order valence-electron chi connectivity index (χ0n) is 10.4. The highest BCUT2D eigenvalue weighted by atomic mass is 79.9. The Hall–Kier alpha value is -1.13. The summed E-state index contributed by atoms with van der Waals surface area (Å²) in [6.07, 6.45) is 0. The van der Waals surface area contributed by atoms with E-state index in [0.717, 1.165) is 14.5 Å². The van der Waals surface area contributed by atoms with E-state index in [9.17, 15) is 4.79 Å². The molecule has 98 valence electrons. The second kappa shape index (κ2) is 6.35. The molecule has 0 radical (unpaired) electrons. The highest BCUT2D eigenvalue weighted by Crippen LogP contribution is 2.22. The molecule has 1 N–H and O–H groups in total. The molecule has 2 nitrogen and oxygen atoms in total. The molecule has 0 saturated carbocycles. The summed E-state index contributed by atoms with van der Waals surface area (Å²) in [6, 6.07) is 15.4. The predicted octanol–water partition coefficient (Wildman–Crippen LogP) is 4.70. The lowest BCUT2D eigenvalue weighted by molar-refractivity contribution is 0.0939. The summed E-state index contributed by atoms with van der Waals surface area (Å²) < 4.78 is 1.67. The molecule has 2 aromatic rings. The topological polar surface area (TPSA) is 29.1 Å². The van der Waals surface area contributed by atoms with Crippen LogP contribution in [0.25, 0.3) is 0 Å². The van der Waals surface area contributed by atoms with Gasteiger partial charge in [0.25, 0.3) is 5.91 Å². The number of carbonyl (C=O) groups excluding carboxylic acids is 1. The van der Waals surface area contributed by atoms with E-state index in [-0.39, 0.29) is 11.9 Å². The van der Waals surface area contributed by atoms with Gasteiger partial charge in [-0.15, -0.1) is 0 Å². The number of benzene rings is 2. The third kappa shape index (κ3) is 3.67. The molecule has 4 heteroatoms. The minimum absolute atomic E-state index is 0.0282. The number of nitrogens with one attached hydrogen (secondary N) is 1. The molecule has 0 fully saturated rings. The Morgan fingerprint density at radius 2 is 1.79 bits per heavy atom. The second-order valence-corrected chi connectivity index (χ2v) is 6.00. The Kier molecular flexibility index (Phi) is 4.77. The summed E-state index contributed by atoms with van der Waals surface area (Å²) in [7, 11) is 0. The van der Waals surface area contributed by atoms with Gasteiger partial charge >= 0.3 is 0 Å². The van der Waals surface area contributed by atoms with Crippen LogP contribution in [0, 0.1) is 0 Å². The number of amides is 1. The van der Waals surface area contributed by atoms with Gasteiger partial charge in [0.2, 0.25) is 0 Å². The van der Waals surface area contributed by atoms with Crippen LogP contribution in [0.3, 0.4) is 0 Å². The fourth-order valence-electron chi connectivity index (χ4n) is 1.77. The smallest absolute Gasteiger partial charge is 0.252 e. The van der Waals surface area contributed by atoms with Crippen molar-refractivity contribution in [3.05, 3.63) is 68.6 Å². The van der Waals surface area contributed by atoms with Crippen molar-refractivity contribution in [2.24, 2.45) is 0 Å². The molecule has 0 bridgehead atoms. The number of halogens is 2. The van der Waals surface area contributed by atoms with Crippen molar-refractivity contribution in [1.29, 1.82) is 0 Å². The van der Waals surface area contributed by atoms with Gasteiger partial charge in [0, 0.05) is 8.95 Å². The van der Waals surface area contributed by atoms with Crippen molar-refractivity contribution >= 4 is 37.8 Å². The molecule has 19 heavy (non-hydrogen) atoms. The fourth-order valence-corrected chi connectivity index (χ4v) is 2.56. The quantitative estimate of drug-likeness (QED) is 0.818. The first-order chi connectivity index (χ1) is 9.08. The normalized spacial score (nSPS) is 11.9. The summed E-state index contributed by atoms with van der Waals surface area (Å²) in [5, 5.41) is 2.99. The van der Waals surface area contributed by atoms with Gasteiger partial charge in [0.05, 0.1) is 11.6 Å². The largest absolute Gasteiger partial charge is 0.345 e. The summed E-state index contributed by atoms with van der Waals surface area (Å²) in [4.78, 5) is 12.2. The first-order valence-electron chi connectivity index (χ1n) is 5.89. The number of hydrogen-bond acceptors (Lipinski definition) is 1. The van der Waals surface area contributed by atoms with Gasteiger partial charge in [-0.25, -0.2) is 0 Å². The van der Waals surface area contributed by atoms with Crippen LogP contribution in [0.4, 0.5) is 0 Å². The van der Waals surface area contributed by atoms with Crippen LogP contribution < -0.4 is 5.32 Å². The first-order valence-corrected chi connectivity index (χ1v) is 7.47. The summed E-state index contributed by atoms with van der Waals surface area (Å²) >= 11 is 6.77. The third-order valence-electron chi connectivity index (χ3n) is 2.82. The van der Waals surface area contributed by atoms with Crippen molar-refractivity contribution in [2.45, 2.75) is 13.0 Å². The van der Waals surface area contributed by atoms with Gasteiger partial charge in [-0.2, -0.15) is 0 Å². The van der Waals surface area contributed by atoms with Crippen LogP contribution in [0.1, 0.15) is 28.9 Å². The van der Waals surface area contributed by atoms with E-state index in [0.29, 0.717) is 5.56 Å². The Morgan fingerprint density at radius 1 is 1.11 bits per heavy atom. The Balaban J connectivity index is 2.15. The van der Waals surface area contributed by atoms with E-state index in [1.54, 1.807) is 6.07 Å². The Bertz CT molecular complexity index is 584. The predicted molar refractivity (Wildman–Crippen MR) is 84.2 cm³/mol. The van der Waals surface area contributed by atoms with E-state index in [1.165, 1.54) is 0 Å². The lowest BCUT2D eigenvalue weighted by Crippen LogP contribution is -2.26. The highest BCUT2D eigenvalue weighted by molar-refractivity contribution is 9.11. The molecule has 0 heterocycles. The summed E-state index contributed by atoms with van der Waals surface area (Å²) in [5.74, 6) is -0.0930. The van der Waals surface area contributed by atoms with E-state index >= 15 is 0 Å². The van der Waals surface area contributed by atoms with Crippen molar-refractivity contribution in [1.82, 2.24) is 5.32 Å². The molecule has 0 aromatic heterocycles. The minimum Gasteiger partial charge on any atom is -0.345 e. The Morgan fingerprint density at radius 3 is 2.47 bits per heavy atom. The van der Waals surface area contributed by atoms with Crippen molar-refractivity contribution < 1.29 is 4.79 Å². The molecule has 1 amide bonds. The van der Waals surface area contributed by atoms with E-state index in [2.05, 4.69) is 37.2 Å². The number of hydrogen-bond donors (Lipinski definition) is 1. The maximum absolute atomic E-state index is 12.2. The monoisotopic (exact) mass is 381 g/mol. The molecular weight excluding hydrogens is 370 g/mol. The molecule has 0 spiro atoms. The average molecular weight is 383 g/mol. The lowest BCUT2D eigenvalue weighted by atomic mass is 10.1. The van der Waals surface area contributed by atoms with Gasteiger partial charge in [0.15, 0.2) is 0 Å². The standard InChI is InChI=1S/C15H13Br2NO/c1-10(11-5-3-2-4-6-11)18-15(19)13-9-12(16)7-8-14(13)17/h2-10H,1H3,(H,18,19)/t10-/m0/s1. The van der Waals surface area contributed by atoms with E-state index < -0.39 is 0 Å². The van der Waals surface area contributed by atoms with Crippen LogP contribution in [-0.4, -0.2) is 5.91 Å². The molecule has 2 aromatic carbocycles. The Labute approximate surface area is 129 Å². The van der Waals surface area contributed by atoms with Crippen LogP contribution in [0.2, 0.25) is 0 Å². The third-order valence-corrected chi connectivity index (χ3v) is 4.00. The second-order valence-electron chi connectivity index (χ2n) is 4.23. The maximum atomic E-state index is 12.2. The zero-order valence-corrected chi connectivity index (χ0v) is 13.5.